The highest BCUT2D eigenvalue weighted by Crippen LogP contribution is 2.26. The summed E-state index contributed by atoms with van der Waals surface area (Å²) in [5.74, 6) is -0.342. The molecule has 0 aliphatic rings. The maximum absolute atomic E-state index is 12.5. The quantitative estimate of drug-likeness (QED) is 0.734. The number of hydrogen-bond acceptors (Lipinski definition) is 4. The zero-order valence-electron chi connectivity index (χ0n) is 14.2. The Labute approximate surface area is 151 Å². The molecule has 2 rings (SSSR count). The number of para-hydroxylation sites is 1. The average Bonchev–Trinajstić information content (AvgIpc) is 2.62. The van der Waals surface area contributed by atoms with Crippen molar-refractivity contribution in [1.82, 2.24) is 0 Å². The fourth-order valence-corrected chi connectivity index (χ4v) is 2.32. The van der Waals surface area contributed by atoms with E-state index in [0.717, 1.165) is 6.42 Å². The molecule has 0 aliphatic carbocycles. The number of esters is 1. The van der Waals surface area contributed by atoms with Gasteiger partial charge in [-0.2, -0.15) is 0 Å². The van der Waals surface area contributed by atoms with Gasteiger partial charge < -0.3 is 14.8 Å². The first-order chi connectivity index (χ1) is 12.1. The second-order valence-electron chi connectivity index (χ2n) is 5.21. The minimum atomic E-state index is -0.455. The molecule has 0 atom stereocenters. The van der Waals surface area contributed by atoms with Crippen LogP contribution < -0.4 is 10.1 Å². The van der Waals surface area contributed by atoms with Crippen LogP contribution in [-0.2, 0) is 4.74 Å². The Balaban J connectivity index is 2.22. The van der Waals surface area contributed by atoms with Gasteiger partial charge in [-0.05, 0) is 43.7 Å². The van der Waals surface area contributed by atoms with Crippen LogP contribution in [0.3, 0.4) is 0 Å². The summed E-state index contributed by atoms with van der Waals surface area (Å²) < 4.78 is 10.6. The lowest BCUT2D eigenvalue weighted by Crippen LogP contribution is -2.15. The molecule has 2 aromatic carbocycles. The molecule has 0 unspecified atom stereocenters. The highest BCUT2D eigenvalue weighted by atomic mass is 35.5. The Kier molecular flexibility index (Phi) is 6.83. The van der Waals surface area contributed by atoms with E-state index < -0.39 is 5.97 Å². The van der Waals surface area contributed by atoms with E-state index in [1.165, 1.54) is 6.07 Å². The molecule has 1 amide bonds. The number of benzene rings is 2. The van der Waals surface area contributed by atoms with E-state index in [1.807, 2.05) is 13.8 Å². The van der Waals surface area contributed by atoms with Crippen LogP contribution in [-0.4, -0.2) is 25.1 Å². The van der Waals surface area contributed by atoms with E-state index in [0.29, 0.717) is 40.8 Å². The monoisotopic (exact) mass is 361 g/mol. The molecule has 2 aromatic rings. The molecule has 132 valence electrons. The van der Waals surface area contributed by atoms with E-state index in [4.69, 9.17) is 21.1 Å². The SMILES string of the molecule is CCCOC(=O)c1ccc(Cl)c(NC(=O)c2ccccc2OCC)c1. The van der Waals surface area contributed by atoms with Crippen LogP contribution in [0.15, 0.2) is 42.5 Å². The number of amides is 1. The van der Waals surface area contributed by atoms with E-state index >= 15 is 0 Å². The van der Waals surface area contributed by atoms with Crippen LogP contribution in [0.1, 0.15) is 41.0 Å². The van der Waals surface area contributed by atoms with Crippen molar-refractivity contribution in [2.24, 2.45) is 0 Å². The third-order valence-corrected chi connectivity index (χ3v) is 3.65. The first-order valence-corrected chi connectivity index (χ1v) is 8.44. The number of halogens is 1. The van der Waals surface area contributed by atoms with Crippen molar-refractivity contribution in [1.29, 1.82) is 0 Å². The van der Waals surface area contributed by atoms with Gasteiger partial charge in [0.05, 0.1) is 35.1 Å². The molecule has 0 heterocycles. The number of carbonyl (C=O) groups excluding carboxylic acids is 2. The Morgan fingerprint density at radius 2 is 1.88 bits per heavy atom. The van der Waals surface area contributed by atoms with Crippen LogP contribution in [0.5, 0.6) is 5.75 Å². The molecule has 0 aromatic heterocycles. The van der Waals surface area contributed by atoms with Gasteiger partial charge in [0.1, 0.15) is 5.75 Å². The van der Waals surface area contributed by atoms with Gasteiger partial charge in [0.25, 0.3) is 5.91 Å². The summed E-state index contributed by atoms with van der Waals surface area (Å²) in [6, 6.07) is 11.5. The lowest BCUT2D eigenvalue weighted by Gasteiger charge is -2.12. The zero-order chi connectivity index (χ0) is 18.2. The highest BCUT2D eigenvalue weighted by Gasteiger charge is 2.15. The molecule has 6 heteroatoms. The Bertz CT molecular complexity index is 761. The predicted octanol–water partition coefficient (Wildman–Crippen LogP) is 4.56. The predicted molar refractivity (Wildman–Crippen MR) is 97.6 cm³/mol. The minimum absolute atomic E-state index is 0.325. The number of anilines is 1. The number of ether oxygens (including phenoxy) is 2. The molecular formula is C19H20ClNO4. The second-order valence-corrected chi connectivity index (χ2v) is 5.62. The normalized spacial score (nSPS) is 10.2. The molecule has 0 spiro atoms. The zero-order valence-corrected chi connectivity index (χ0v) is 14.9. The third-order valence-electron chi connectivity index (χ3n) is 3.32. The fourth-order valence-electron chi connectivity index (χ4n) is 2.15. The first-order valence-electron chi connectivity index (χ1n) is 8.06. The lowest BCUT2D eigenvalue weighted by molar-refractivity contribution is 0.0505. The van der Waals surface area contributed by atoms with Gasteiger partial charge in [0.2, 0.25) is 0 Å². The van der Waals surface area contributed by atoms with Gasteiger partial charge in [0.15, 0.2) is 0 Å². The molecule has 0 fully saturated rings. The summed E-state index contributed by atoms with van der Waals surface area (Å²) in [7, 11) is 0. The van der Waals surface area contributed by atoms with Crippen LogP contribution in [0, 0.1) is 0 Å². The van der Waals surface area contributed by atoms with Gasteiger partial charge in [-0.1, -0.05) is 30.7 Å². The number of carbonyl (C=O) groups is 2. The topological polar surface area (TPSA) is 64.6 Å². The Morgan fingerprint density at radius 1 is 1.12 bits per heavy atom. The fraction of sp³-hybridized carbons (Fsp3) is 0.263. The van der Waals surface area contributed by atoms with Gasteiger partial charge in [0, 0.05) is 0 Å². The summed E-state index contributed by atoms with van der Waals surface area (Å²) in [6.45, 7) is 4.54. The van der Waals surface area contributed by atoms with Crippen LogP contribution in [0.4, 0.5) is 5.69 Å². The summed E-state index contributed by atoms with van der Waals surface area (Å²) in [6.07, 6.45) is 0.733. The number of rotatable bonds is 7. The molecule has 1 N–H and O–H groups in total. The standard InChI is InChI=1S/C19H20ClNO4/c1-3-11-25-19(23)13-9-10-15(20)16(12-13)21-18(22)14-7-5-6-8-17(14)24-4-2/h5-10,12H,3-4,11H2,1-2H3,(H,21,22). The molecular weight excluding hydrogens is 342 g/mol. The minimum Gasteiger partial charge on any atom is -0.493 e. The van der Waals surface area contributed by atoms with Crippen molar-refractivity contribution in [2.75, 3.05) is 18.5 Å². The lowest BCUT2D eigenvalue weighted by atomic mass is 10.1. The molecule has 0 aliphatic heterocycles. The first kappa shape index (κ1) is 18.8. The molecule has 0 bridgehead atoms. The van der Waals surface area contributed by atoms with Crippen molar-refractivity contribution < 1.29 is 19.1 Å². The van der Waals surface area contributed by atoms with Crippen molar-refractivity contribution in [3.8, 4) is 5.75 Å². The molecule has 25 heavy (non-hydrogen) atoms. The Morgan fingerprint density at radius 3 is 2.60 bits per heavy atom. The summed E-state index contributed by atoms with van der Waals surface area (Å²) >= 11 is 6.14. The van der Waals surface area contributed by atoms with Crippen LogP contribution in [0.2, 0.25) is 5.02 Å². The van der Waals surface area contributed by atoms with Crippen molar-refractivity contribution in [3.05, 3.63) is 58.6 Å². The summed E-state index contributed by atoms with van der Waals surface area (Å²) in [5.41, 5.74) is 1.05. The van der Waals surface area contributed by atoms with Gasteiger partial charge in [-0.15, -0.1) is 0 Å². The van der Waals surface area contributed by atoms with Gasteiger partial charge in [-0.3, -0.25) is 4.79 Å². The third kappa shape index (κ3) is 4.97. The molecule has 5 nitrogen and oxygen atoms in total. The average molecular weight is 362 g/mol. The van der Waals surface area contributed by atoms with E-state index in [9.17, 15) is 9.59 Å². The van der Waals surface area contributed by atoms with Crippen LogP contribution in [0.25, 0.3) is 0 Å². The number of nitrogens with one attached hydrogen (secondary N) is 1. The van der Waals surface area contributed by atoms with E-state index in [1.54, 1.807) is 36.4 Å². The van der Waals surface area contributed by atoms with Crippen molar-refractivity contribution in [3.63, 3.8) is 0 Å². The van der Waals surface area contributed by atoms with Crippen LogP contribution >= 0.6 is 11.6 Å². The smallest absolute Gasteiger partial charge is 0.338 e. The molecule has 0 saturated heterocycles. The summed E-state index contributed by atoms with van der Waals surface area (Å²) in [5, 5.41) is 3.05. The maximum atomic E-state index is 12.5. The second kappa shape index (κ2) is 9.08. The Hall–Kier alpha value is -2.53. The van der Waals surface area contributed by atoms with Gasteiger partial charge in [-0.25, -0.2) is 4.79 Å². The maximum Gasteiger partial charge on any atom is 0.338 e. The number of hydrogen-bond donors (Lipinski definition) is 1. The van der Waals surface area contributed by atoms with Gasteiger partial charge >= 0.3 is 5.97 Å². The molecule has 0 saturated carbocycles. The largest absolute Gasteiger partial charge is 0.493 e. The summed E-state index contributed by atoms with van der Waals surface area (Å²) in [4.78, 5) is 24.5. The van der Waals surface area contributed by atoms with Crippen molar-refractivity contribution in [2.45, 2.75) is 20.3 Å². The molecule has 0 radical (unpaired) electrons. The van der Waals surface area contributed by atoms with Crippen molar-refractivity contribution >= 4 is 29.2 Å². The highest BCUT2D eigenvalue weighted by molar-refractivity contribution is 6.34. The van der Waals surface area contributed by atoms with E-state index in [-0.39, 0.29) is 5.91 Å². The van der Waals surface area contributed by atoms with E-state index in [2.05, 4.69) is 5.32 Å².